The molecule has 0 aliphatic rings. The molecule has 0 fully saturated rings. The first-order valence-corrected chi connectivity index (χ1v) is 5.72. The second kappa shape index (κ2) is 4.91. The maximum Gasteiger partial charge on any atom is 0.122 e. The van der Waals surface area contributed by atoms with E-state index in [0.29, 0.717) is 5.92 Å². The van der Waals surface area contributed by atoms with E-state index in [4.69, 9.17) is 0 Å². The molecule has 0 aliphatic carbocycles. The molecule has 0 aliphatic heterocycles. The average molecular weight is 228 g/mol. The third-order valence-electron chi connectivity index (χ3n) is 2.96. The molecular formula is C15H16O2. The largest absolute Gasteiger partial charge is 0.508 e. The molecule has 88 valence electrons. The quantitative estimate of drug-likeness (QED) is 0.844. The first kappa shape index (κ1) is 11.5. The SMILES string of the molecule is CC(Cc1ccc(O)cc1O)c1ccccc1. The number of hydrogen-bond acceptors (Lipinski definition) is 2. The summed E-state index contributed by atoms with van der Waals surface area (Å²) in [7, 11) is 0. The zero-order valence-electron chi connectivity index (χ0n) is 9.80. The van der Waals surface area contributed by atoms with E-state index < -0.39 is 0 Å². The molecule has 0 spiro atoms. The van der Waals surface area contributed by atoms with Gasteiger partial charge in [0.15, 0.2) is 0 Å². The van der Waals surface area contributed by atoms with Crippen molar-refractivity contribution in [2.24, 2.45) is 0 Å². The number of hydrogen-bond donors (Lipinski definition) is 2. The third kappa shape index (κ3) is 2.78. The van der Waals surface area contributed by atoms with E-state index in [1.807, 2.05) is 18.2 Å². The van der Waals surface area contributed by atoms with Crippen LogP contribution in [0.5, 0.6) is 11.5 Å². The van der Waals surface area contributed by atoms with E-state index in [2.05, 4.69) is 19.1 Å². The van der Waals surface area contributed by atoms with Crippen LogP contribution >= 0.6 is 0 Å². The van der Waals surface area contributed by atoms with Gasteiger partial charge < -0.3 is 10.2 Å². The van der Waals surface area contributed by atoms with Gasteiger partial charge in [-0.25, -0.2) is 0 Å². The molecule has 2 N–H and O–H groups in total. The fourth-order valence-electron chi connectivity index (χ4n) is 1.95. The Morgan fingerprint density at radius 1 is 1.00 bits per heavy atom. The van der Waals surface area contributed by atoms with E-state index in [9.17, 15) is 10.2 Å². The lowest BCUT2D eigenvalue weighted by Crippen LogP contribution is -1.98. The van der Waals surface area contributed by atoms with Gasteiger partial charge in [-0.1, -0.05) is 43.3 Å². The van der Waals surface area contributed by atoms with Crippen molar-refractivity contribution in [2.45, 2.75) is 19.3 Å². The minimum absolute atomic E-state index is 0.0959. The summed E-state index contributed by atoms with van der Waals surface area (Å²) in [6.07, 6.45) is 0.760. The summed E-state index contributed by atoms with van der Waals surface area (Å²) in [5, 5.41) is 19.0. The summed E-state index contributed by atoms with van der Waals surface area (Å²) < 4.78 is 0. The van der Waals surface area contributed by atoms with E-state index in [-0.39, 0.29) is 11.5 Å². The first-order chi connectivity index (χ1) is 8.16. The van der Waals surface area contributed by atoms with Crippen LogP contribution in [0.15, 0.2) is 48.5 Å². The highest BCUT2D eigenvalue weighted by Gasteiger charge is 2.09. The van der Waals surface area contributed by atoms with Gasteiger partial charge in [-0.3, -0.25) is 0 Å². The molecule has 0 saturated heterocycles. The zero-order valence-corrected chi connectivity index (χ0v) is 9.80. The molecule has 0 aromatic heterocycles. The van der Waals surface area contributed by atoms with Gasteiger partial charge in [0, 0.05) is 6.07 Å². The van der Waals surface area contributed by atoms with E-state index >= 15 is 0 Å². The van der Waals surface area contributed by atoms with Gasteiger partial charge in [-0.05, 0) is 29.5 Å². The minimum Gasteiger partial charge on any atom is -0.508 e. The molecule has 0 amide bonds. The van der Waals surface area contributed by atoms with Crippen molar-refractivity contribution in [3.05, 3.63) is 59.7 Å². The molecule has 2 aromatic rings. The Kier molecular flexibility index (Phi) is 3.33. The van der Waals surface area contributed by atoms with Crippen molar-refractivity contribution in [1.82, 2.24) is 0 Å². The van der Waals surface area contributed by atoms with E-state index in [0.717, 1.165) is 12.0 Å². The minimum atomic E-state index is 0.0959. The van der Waals surface area contributed by atoms with Gasteiger partial charge in [0.1, 0.15) is 11.5 Å². The van der Waals surface area contributed by atoms with E-state index in [1.165, 1.54) is 11.6 Å². The summed E-state index contributed by atoms with van der Waals surface area (Å²) in [5.41, 5.74) is 2.11. The Morgan fingerprint density at radius 2 is 1.71 bits per heavy atom. The Hall–Kier alpha value is -1.96. The van der Waals surface area contributed by atoms with Crippen LogP contribution in [0.25, 0.3) is 0 Å². The number of phenols is 2. The highest BCUT2D eigenvalue weighted by Crippen LogP contribution is 2.28. The van der Waals surface area contributed by atoms with Crippen molar-refractivity contribution in [2.75, 3.05) is 0 Å². The van der Waals surface area contributed by atoms with Gasteiger partial charge in [-0.15, -0.1) is 0 Å². The van der Waals surface area contributed by atoms with Gasteiger partial charge in [0.2, 0.25) is 0 Å². The van der Waals surface area contributed by atoms with Crippen molar-refractivity contribution in [1.29, 1.82) is 0 Å². The van der Waals surface area contributed by atoms with Gasteiger partial charge in [0.05, 0.1) is 0 Å². The summed E-state index contributed by atoms with van der Waals surface area (Å²) in [6.45, 7) is 2.13. The number of rotatable bonds is 3. The molecule has 2 aromatic carbocycles. The second-order valence-corrected chi connectivity index (χ2v) is 4.33. The van der Waals surface area contributed by atoms with Crippen molar-refractivity contribution < 1.29 is 10.2 Å². The van der Waals surface area contributed by atoms with Crippen LogP contribution in [-0.4, -0.2) is 10.2 Å². The fourth-order valence-corrected chi connectivity index (χ4v) is 1.95. The van der Waals surface area contributed by atoms with Crippen LogP contribution < -0.4 is 0 Å². The van der Waals surface area contributed by atoms with Crippen LogP contribution in [0.4, 0.5) is 0 Å². The molecule has 0 saturated carbocycles. The summed E-state index contributed by atoms with van der Waals surface area (Å²) >= 11 is 0. The highest BCUT2D eigenvalue weighted by molar-refractivity contribution is 5.40. The lowest BCUT2D eigenvalue weighted by Gasteiger charge is -2.13. The van der Waals surface area contributed by atoms with Crippen molar-refractivity contribution in [3.8, 4) is 11.5 Å². The van der Waals surface area contributed by atoms with E-state index in [1.54, 1.807) is 12.1 Å². The number of aromatic hydroxyl groups is 2. The molecule has 1 atom stereocenters. The maximum atomic E-state index is 9.73. The predicted octanol–water partition coefficient (Wildman–Crippen LogP) is 3.44. The van der Waals surface area contributed by atoms with Gasteiger partial charge >= 0.3 is 0 Å². The standard InChI is InChI=1S/C15H16O2/c1-11(12-5-3-2-4-6-12)9-13-7-8-14(16)10-15(13)17/h2-8,10-11,16-17H,9H2,1H3. The summed E-state index contributed by atoms with van der Waals surface area (Å²) in [5.74, 6) is 0.595. The smallest absolute Gasteiger partial charge is 0.122 e. The number of benzene rings is 2. The van der Waals surface area contributed by atoms with Crippen LogP contribution in [0.3, 0.4) is 0 Å². The second-order valence-electron chi connectivity index (χ2n) is 4.33. The lowest BCUT2D eigenvalue weighted by atomic mass is 9.93. The van der Waals surface area contributed by atoms with Crippen molar-refractivity contribution >= 4 is 0 Å². The molecule has 0 bridgehead atoms. The first-order valence-electron chi connectivity index (χ1n) is 5.72. The Balaban J connectivity index is 2.16. The van der Waals surface area contributed by atoms with Gasteiger partial charge in [0.25, 0.3) is 0 Å². The highest BCUT2D eigenvalue weighted by atomic mass is 16.3. The Labute approximate surface area is 101 Å². The van der Waals surface area contributed by atoms with Crippen LogP contribution in [-0.2, 0) is 6.42 Å². The molecule has 2 heteroatoms. The monoisotopic (exact) mass is 228 g/mol. The molecule has 1 unspecified atom stereocenters. The Bertz CT molecular complexity index is 492. The molecular weight excluding hydrogens is 212 g/mol. The third-order valence-corrected chi connectivity index (χ3v) is 2.96. The van der Waals surface area contributed by atoms with Crippen LogP contribution in [0, 0.1) is 0 Å². The molecule has 2 nitrogen and oxygen atoms in total. The van der Waals surface area contributed by atoms with Gasteiger partial charge in [-0.2, -0.15) is 0 Å². The summed E-state index contributed by atoms with van der Waals surface area (Å²) in [6, 6.07) is 15.0. The van der Waals surface area contributed by atoms with Crippen molar-refractivity contribution in [3.63, 3.8) is 0 Å². The topological polar surface area (TPSA) is 40.5 Å². The molecule has 17 heavy (non-hydrogen) atoms. The average Bonchev–Trinajstić information content (AvgIpc) is 2.34. The maximum absolute atomic E-state index is 9.73. The normalized spacial score (nSPS) is 12.3. The molecule has 2 rings (SSSR count). The van der Waals surface area contributed by atoms with Crippen LogP contribution in [0.2, 0.25) is 0 Å². The predicted molar refractivity (Wildman–Crippen MR) is 68.3 cm³/mol. The fraction of sp³-hybridized carbons (Fsp3) is 0.200. The summed E-state index contributed by atoms with van der Waals surface area (Å²) in [4.78, 5) is 0. The molecule has 0 heterocycles. The Morgan fingerprint density at radius 3 is 2.35 bits per heavy atom. The van der Waals surface area contributed by atoms with Crippen LogP contribution in [0.1, 0.15) is 24.0 Å². The zero-order chi connectivity index (χ0) is 12.3. The molecule has 0 radical (unpaired) electrons. The number of phenolic OH excluding ortho intramolecular Hbond substituents is 2. The lowest BCUT2D eigenvalue weighted by molar-refractivity contribution is 0.444.